The lowest BCUT2D eigenvalue weighted by atomic mass is 10.0. The van der Waals surface area contributed by atoms with Crippen LogP contribution in [-0.4, -0.2) is 11.1 Å². The zero-order chi connectivity index (χ0) is 9.35. The van der Waals surface area contributed by atoms with Crippen LogP contribution in [0.25, 0.3) is 0 Å². The van der Waals surface area contributed by atoms with Gasteiger partial charge in [-0.3, -0.25) is 0 Å². The quantitative estimate of drug-likeness (QED) is 0.772. The van der Waals surface area contributed by atoms with Crippen molar-refractivity contribution in [2.24, 2.45) is 5.73 Å². The molecule has 1 rings (SSSR count). The molecule has 1 aromatic heterocycles. The van der Waals surface area contributed by atoms with Gasteiger partial charge in [-0.2, -0.15) is 0 Å². The van der Waals surface area contributed by atoms with E-state index in [1.165, 1.54) is 18.3 Å². The maximum Gasteiger partial charge on any atom is 0.328 e. The van der Waals surface area contributed by atoms with Crippen LogP contribution < -0.4 is 5.73 Å². The topological polar surface area (TPSA) is 63.3 Å². The van der Waals surface area contributed by atoms with Gasteiger partial charge >= 0.3 is 5.97 Å². The number of carbonyl (C=O) groups is 1. The van der Waals surface area contributed by atoms with Crippen LogP contribution in [0, 0.1) is 0 Å². The van der Waals surface area contributed by atoms with Crippen molar-refractivity contribution in [1.29, 1.82) is 0 Å². The second-order valence-electron chi connectivity index (χ2n) is 2.61. The van der Waals surface area contributed by atoms with Crippen molar-refractivity contribution >= 4 is 28.9 Å². The third kappa shape index (κ3) is 1.46. The van der Waals surface area contributed by atoms with E-state index in [9.17, 15) is 4.79 Å². The molecule has 0 aliphatic rings. The number of rotatable bonds is 2. The number of nitrogens with two attached hydrogens (primary N) is 1. The van der Waals surface area contributed by atoms with Gasteiger partial charge in [-0.1, -0.05) is 11.6 Å². The van der Waals surface area contributed by atoms with Crippen molar-refractivity contribution in [2.45, 2.75) is 12.5 Å². The summed E-state index contributed by atoms with van der Waals surface area (Å²) in [5.41, 5.74) is 4.17. The molecule has 5 heteroatoms. The Morgan fingerprint density at radius 1 is 1.83 bits per heavy atom. The Bertz CT molecular complexity index is 308. The molecular weight excluding hydrogens is 198 g/mol. The van der Waals surface area contributed by atoms with Crippen molar-refractivity contribution in [1.82, 2.24) is 0 Å². The number of thiophene rings is 1. The number of hydrogen-bond donors (Lipinski definition) is 2. The minimum atomic E-state index is -1.38. The highest BCUT2D eigenvalue weighted by Gasteiger charge is 2.33. The Morgan fingerprint density at radius 2 is 2.42 bits per heavy atom. The summed E-state index contributed by atoms with van der Waals surface area (Å²) in [6.07, 6.45) is 0. The van der Waals surface area contributed by atoms with Gasteiger partial charge in [0.1, 0.15) is 5.54 Å². The molecule has 66 valence electrons. The van der Waals surface area contributed by atoms with Crippen molar-refractivity contribution in [3.63, 3.8) is 0 Å². The molecule has 0 saturated heterocycles. The largest absolute Gasteiger partial charge is 0.480 e. The first-order valence-electron chi connectivity index (χ1n) is 3.22. The van der Waals surface area contributed by atoms with Crippen LogP contribution in [0.4, 0.5) is 0 Å². The Hall–Kier alpha value is -0.580. The third-order valence-electron chi connectivity index (χ3n) is 1.53. The molecule has 0 aliphatic carbocycles. The van der Waals surface area contributed by atoms with Gasteiger partial charge in [-0.15, -0.1) is 11.3 Å². The van der Waals surface area contributed by atoms with E-state index in [2.05, 4.69) is 0 Å². The van der Waals surface area contributed by atoms with E-state index in [0.29, 0.717) is 9.90 Å². The molecule has 3 nitrogen and oxygen atoms in total. The Kier molecular flexibility index (Phi) is 2.41. The van der Waals surface area contributed by atoms with E-state index >= 15 is 0 Å². The minimum Gasteiger partial charge on any atom is -0.480 e. The maximum atomic E-state index is 10.7. The molecule has 0 bridgehead atoms. The first-order chi connectivity index (χ1) is 5.46. The molecule has 0 radical (unpaired) electrons. The van der Waals surface area contributed by atoms with Crippen LogP contribution in [-0.2, 0) is 10.3 Å². The SMILES string of the molecule is CC(N)(C(=O)O)c1sccc1Cl. The average Bonchev–Trinajstić information content (AvgIpc) is 2.35. The highest BCUT2D eigenvalue weighted by Crippen LogP contribution is 2.31. The van der Waals surface area contributed by atoms with Gasteiger partial charge in [-0.25, -0.2) is 4.79 Å². The van der Waals surface area contributed by atoms with Gasteiger partial charge in [0.25, 0.3) is 0 Å². The molecule has 0 spiro atoms. The van der Waals surface area contributed by atoms with Crippen LogP contribution in [0.1, 0.15) is 11.8 Å². The van der Waals surface area contributed by atoms with Crippen molar-refractivity contribution < 1.29 is 9.90 Å². The molecule has 1 aromatic rings. The fourth-order valence-electron chi connectivity index (χ4n) is 0.761. The fourth-order valence-corrected chi connectivity index (χ4v) is 2.08. The van der Waals surface area contributed by atoms with E-state index in [0.717, 1.165) is 0 Å². The second-order valence-corrected chi connectivity index (χ2v) is 3.93. The molecule has 1 unspecified atom stereocenters. The smallest absolute Gasteiger partial charge is 0.328 e. The van der Waals surface area contributed by atoms with Gasteiger partial charge < -0.3 is 10.8 Å². The molecule has 0 aromatic carbocycles. The zero-order valence-corrected chi connectivity index (χ0v) is 7.95. The summed E-state index contributed by atoms with van der Waals surface area (Å²) in [7, 11) is 0. The number of carboxylic acid groups (broad SMARTS) is 1. The summed E-state index contributed by atoms with van der Waals surface area (Å²) in [5.74, 6) is -1.08. The standard InChI is InChI=1S/C7H8ClNO2S/c1-7(9,6(10)11)5-4(8)2-3-12-5/h2-3H,9H2,1H3,(H,10,11). The van der Waals surface area contributed by atoms with Gasteiger partial charge in [0.2, 0.25) is 0 Å². The van der Waals surface area contributed by atoms with Gasteiger partial charge in [0.05, 0.1) is 9.90 Å². The van der Waals surface area contributed by atoms with Gasteiger partial charge in [0.15, 0.2) is 0 Å². The van der Waals surface area contributed by atoms with Crippen LogP contribution >= 0.6 is 22.9 Å². The van der Waals surface area contributed by atoms with E-state index in [-0.39, 0.29) is 0 Å². The molecule has 12 heavy (non-hydrogen) atoms. The number of halogens is 1. The highest BCUT2D eigenvalue weighted by molar-refractivity contribution is 7.10. The molecule has 0 fully saturated rings. The monoisotopic (exact) mass is 205 g/mol. The Labute approximate surface area is 78.8 Å². The Balaban J connectivity index is 3.13. The summed E-state index contributed by atoms with van der Waals surface area (Å²) in [6.45, 7) is 1.42. The van der Waals surface area contributed by atoms with Crippen LogP contribution in [0.2, 0.25) is 5.02 Å². The lowest BCUT2D eigenvalue weighted by Gasteiger charge is -2.17. The molecule has 0 amide bonds. The maximum absolute atomic E-state index is 10.7. The summed E-state index contributed by atoms with van der Waals surface area (Å²) in [6, 6.07) is 1.63. The minimum absolute atomic E-state index is 0.410. The summed E-state index contributed by atoms with van der Waals surface area (Å²) >= 11 is 6.98. The van der Waals surface area contributed by atoms with E-state index in [1.54, 1.807) is 11.4 Å². The Morgan fingerprint density at radius 3 is 2.75 bits per heavy atom. The number of hydrogen-bond acceptors (Lipinski definition) is 3. The summed E-state index contributed by atoms with van der Waals surface area (Å²) in [5, 5.41) is 10.9. The molecule has 1 atom stereocenters. The first-order valence-corrected chi connectivity index (χ1v) is 4.47. The first kappa shape index (κ1) is 9.51. The highest BCUT2D eigenvalue weighted by atomic mass is 35.5. The summed E-state index contributed by atoms with van der Waals surface area (Å²) < 4.78 is 0. The zero-order valence-electron chi connectivity index (χ0n) is 6.37. The lowest BCUT2D eigenvalue weighted by molar-refractivity contribution is -0.142. The van der Waals surface area contributed by atoms with Crippen LogP contribution in [0.5, 0.6) is 0 Å². The van der Waals surface area contributed by atoms with Crippen LogP contribution in [0.3, 0.4) is 0 Å². The molecule has 1 heterocycles. The fraction of sp³-hybridized carbons (Fsp3) is 0.286. The lowest BCUT2D eigenvalue weighted by Crippen LogP contribution is -2.41. The summed E-state index contributed by atoms with van der Waals surface area (Å²) in [4.78, 5) is 11.2. The van der Waals surface area contributed by atoms with Crippen molar-refractivity contribution in [3.8, 4) is 0 Å². The predicted molar refractivity (Wildman–Crippen MR) is 48.5 cm³/mol. The molecule has 0 saturated carbocycles. The third-order valence-corrected chi connectivity index (χ3v) is 3.11. The van der Waals surface area contributed by atoms with Gasteiger partial charge in [0, 0.05) is 0 Å². The van der Waals surface area contributed by atoms with E-state index in [1.807, 2.05) is 0 Å². The number of carboxylic acids is 1. The average molecular weight is 206 g/mol. The second kappa shape index (κ2) is 3.05. The van der Waals surface area contributed by atoms with Gasteiger partial charge in [-0.05, 0) is 18.4 Å². The normalized spacial score (nSPS) is 15.6. The molecule has 3 N–H and O–H groups in total. The van der Waals surface area contributed by atoms with Crippen molar-refractivity contribution in [3.05, 3.63) is 21.3 Å². The molecule has 0 aliphatic heterocycles. The number of aliphatic carboxylic acids is 1. The predicted octanol–water partition coefficient (Wildman–Crippen LogP) is 1.66. The van der Waals surface area contributed by atoms with E-state index in [4.69, 9.17) is 22.4 Å². The van der Waals surface area contributed by atoms with Crippen molar-refractivity contribution in [2.75, 3.05) is 0 Å². The van der Waals surface area contributed by atoms with E-state index < -0.39 is 11.5 Å². The molecular formula is C7H8ClNO2S. The van der Waals surface area contributed by atoms with Crippen LogP contribution in [0.15, 0.2) is 11.4 Å².